The number of hydrogen-bond donors (Lipinski definition) is 0. The lowest BCUT2D eigenvalue weighted by Gasteiger charge is -2.34. The molecule has 3 rings (SSSR count). The fourth-order valence-corrected chi connectivity index (χ4v) is 4.25. The van der Waals surface area contributed by atoms with Crippen LogP contribution >= 0.6 is 0 Å². The van der Waals surface area contributed by atoms with Gasteiger partial charge in [0.1, 0.15) is 5.75 Å². The second kappa shape index (κ2) is 8.02. The standard InChI is InChI=1S/C20H30N2O2/c1-16(23)22-14-12-21(13-15-22)11-5-7-17-6-3-9-19-18(17)8-4-10-20(19)24-2/h4,8,10,17H,3,5-7,9,11-15H2,1-2H3/t17-/m1/s1. The molecule has 2 aliphatic rings. The van der Waals surface area contributed by atoms with Gasteiger partial charge < -0.3 is 9.64 Å². The van der Waals surface area contributed by atoms with Crippen molar-refractivity contribution in [2.24, 2.45) is 0 Å². The van der Waals surface area contributed by atoms with Gasteiger partial charge in [-0.3, -0.25) is 9.69 Å². The number of carbonyl (C=O) groups excluding carboxylic acids is 1. The van der Waals surface area contributed by atoms with Crippen LogP contribution in [0.25, 0.3) is 0 Å². The molecular weight excluding hydrogens is 300 g/mol. The summed E-state index contributed by atoms with van der Waals surface area (Å²) in [5, 5.41) is 0. The highest BCUT2D eigenvalue weighted by molar-refractivity contribution is 5.73. The summed E-state index contributed by atoms with van der Waals surface area (Å²) >= 11 is 0. The summed E-state index contributed by atoms with van der Waals surface area (Å²) in [7, 11) is 1.78. The minimum atomic E-state index is 0.211. The van der Waals surface area contributed by atoms with Crippen molar-refractivity contribution in [3.63, 3.8) is 0 Å². The molecule has 1 aliphatic heterocycles. The van der Waals surface area contributed by atoms with E-state index in [1.807, 2.05) is 4.90 Å². The van der Waals surface area contributed by atoms with Gasteiger partial charge in [0, 0.05) is 33.1 Å². The maximum atomic E-state index is 11.4. The quantitative estimate of drug-likeness (QED) is 0.832. The SMILES string of the molecule is COc1cccc2c1CCC[C@@H]2CCCN1CCN(C(C)=O)CC1. The van der Waals surface area contributed by atoms with Gasteiger partial charge in [0.2, 0.25) is 5.91 Å². The number of benzene rings is 1. The molecule has 1 saturated heterocycles. The summed E-state index contributed by atoms with van der Waals surface area (Å²) in [5.41, 5.74) is 2.95. The van der Waals surface area contributed by atoms with E-state index in [9.17, 15) is 4.79 Å². The second-order valence-corrected chi connectivity index (χ2v) is 7.11. The lowest BCUT2D eigenvalue weighted by molar-refractivity contribution is -0.130. The first kappa shape index (κ1) is 17.3. The van der Waals surface area contributed by atoms with Crippen LogP contribution in [0.2, 0.25) is 0 Å². The highest BCUT2D eigenvalue weighted by Gasteiger charge is 2.23. The van der Waals surface area contributed by atoms with Crippen molar-refractivity contribution in [2.45, 2.75) is 44.9 Å². The number of fused-ring (bicyclic) bond motifs is 1. The summed E-state index contributed by atoms with van der Waals surface area (Å²) < 4.78 is 5.55. The van der Waals surface area contributed by atoms with Crippen LogP contribution in [-0.4, -0.2) is 55.5 Å². The number of amides is 1. The third-order valence-corrected chi connectivity index (χ3v) is 5.65. The zero-order chi connectivity index (χ0) is 16.9. The van der Waals surface area contributed by atoms with Gasteiger partial charge in [0.05, 0.1) is 7.11 Å². The van der Waals surface area contributed by atoms with E-state index < -0.39 is 0 Å². The Labute approximate surface area is 145 Å². The molecule has 1 fully saturated rings. The number of ether oxygens (including phenoxy) is 1. The minimum absolute atomic E-state index is 0.211. The van der Waals surface area contributed by atoms with Crippen molar-refractivity contribution in [3.05, 3.63) is 29.3 Å². The molecular formula is C20H30N2O2. The monoisotopic (exact) mass is 330 g/mol. The molecule has 1 aliphatic carbocycles. The second-order valence-electron chi connectivity index (χ2n) is 7.11. The Balaban J connectivity index is 1.49. The molecule has 132 valence electrons. The predicted molar refractivity (Wildman–Crippen MR) is 96.6 cm³/mol. The molecule has 1 heterocycles. The molecule has 0 bridgehead atoms. The predicted octanol–water partition coefficient (Wildman–Crippen LogP) is 3.06. The van der Waals surface area contributed by atoms with Crippen molar-refractivity contribution in [3.8, 4) is 5.75 Å². The average Bonchev–Trinajstić information content (AvgIpc) is 2.62. The summed E-state index contributed by atoms with van der Waals surface area (Å²) in [5.74, 6) is 1.96. The summed E-state index contributed by atoms with van der Waals surface area (Å²) in [6.45, 7) is 6.65. The van der Waals surface area contributed by atoms with Crippen molar-refractivity contribution < 1.29 is 9.53 Å². The van der Waals surface area contributed by atoms with E-state index in [1.54, 1.807) is 14.0 Å². The van der Waals surface area contributed by atoms with E-state index in [1.165, 1.54) is 36.8 Å². The first-order valence-electron chi connectivity index (χ1n) is 9.32. The van der Waals surface area contributed by atoms with E-state index >= 15 is 0 Å². The van der Waals surface area contributed by atoms with Crippen LogP contribution in [0.4, 0.5) is 0 Å². The topological polar surface area (TPSA) is 32.8 Å². The van der Waals surface area contributed by atoms with Crippen LogP contribution in [0.1, 0.15) is 49.7 Å². The largest absolute Gasteiger partial charge is 0.496 e. The van der Waals surface area contributed by atoms with Crippen LogP contribution in [0.5, 0.6) is 5.75 Å². The first-order chi connectivity index (χ1) is 11.7. The van der Waals surface area contributed by atoms with Crippen molar-refractivity contribution in [1.29, 1.82) is 0 Å². The van der Waals surface area contributed by atoms with Crippen molar-refractivity contribution >= 4 is 5.91 Å². The van der Waals surface area contributed by atoms with Crippen LogP contribution in [0.3, 0.4) is 0 Å². The average molecular weight is 330 g/mol. The molecule has 0 radical (unpaired) electrons. The van der Waals surface area contributed by atoms with Gasteiger partial charge >= 0.3 is 0 Å². The Hall–Kier alpha value is -1.55. The van der Waals surface area contributed by atoms with E-state index in [0.29, 0.717) is 5.92 Å². The molecule has 4 heteroatoms. The Morgan fingerprint density at radius 1 is 1.25 bits per heavy atom. The highest BCUT2D eigenvalue weighted by Crippen LogP contribution is 2.38. The highest BCUT2D eigenvalue weighted by atomic mass is 16.5. The van der Waals surface area contributed by atoms with E-state index in [2.05, 4.69) is 23.1 Å². The molecule has 0 saturated carbocycles. The molecule has 0 N–H and O–H groups in total. The van der Waals surface area contributed by atoms with Crippen LogP contribution in [0.15, 0.2) is 18.2 Å². The lowest BCUT2D eigenvalue weighted by atomic mass is 9.80. The Morgan fingerprint density at radius 2 is 2.04 bits per heavy atom. The molecule has 1 aromatic rings. The van der Waals surface area contributed by atoms with Crippen molar-refractivity contribution in [2.75, 3.05) is 39.8 Å². The Kier molecular flexibility index (Phi) is 5.77. The number of rotatable bonds is 5. The molecule has 4 nitrogen and oxygen atoms in total. The number of methoxy groups -OCH3 is 1. The van der Waals surface area contributed by atoms with E-state index in [4.69, 9.17) is 4.74 Å². The van der Waals surface area contributed by atoms with Crippen LogP contribution in [0, 0.1) is 0 Å². The zero-order valence-corrected chi connectivity index (χ0v) is 15.1. The van der Waals surface area contributed by atoms with Gasteiger partial charge in [0.15, 0.2) is 0 Å². The third kappa shape index (κ3) is 3.92. The summed E-state index contributed by atoms with van der Waals surface area (Å²) in [4.78, 5) is 15.9. The molecule has 0 spiro atoms. The van der Waals surface area contributed by atoms with Crippen LogP contribution < -0.4 is 4.74 Å². The molecule has 0 unspecified atom stereocenters. The molecule has 24 heavy (non-hydrogen) atoms. The first-order valence-corrected chi connectivity index (χ1v) is 9.32. The van der Waals surface area contributed by atoms with Gasteiger partial charge in [-0.25, -0.2) is 0 Å². The number of hydrogen-bond acceptors (Lipinski definition) is 3. The molecule has 1 amide bonds. The number of nitrogens with zero attached hydrogens (tertiary/aromatic N) is 2. The van der Waals surface area contributed by atoms with Gasteiger partial charge in [0.25, 0.3) is 0 Å². The van der Waals surface area contributed by atoms with Crippen LogP contribution in [-0.2, 0) is 11.2 Å². The number of carbonyl (C=O) groups is 1. The minimum Gasteiger partial charge on any atom is -0.496 e. The smallest absolute Gasteiger partial charge is 0.219 e. The number of piperazine rings is 1. The van der Waals surface area contributed by atoms with E-state index in [0.717, 1.165) is 44.9 Å². The normalized spacial score (nSPS) is 21.4. The Morgan fingerprint density at radius 3 is 2.75 bits per heavy atom. The molecule has 1 atom stereocenters. The van der Waals surface area contributed by atoms with Gasteiger partial charge in [-0.15, -0.1) is 0 Å². The molecule has 1 aromatic carbocycles. The van der Waals surface area contributed by atoms with Gasteiger partial charge in [-0.2, -0.15) is 0 Å². The summed E-state index contributed by atoms with van der Waals surface area (Å²) in [6.07, 6.45) is 6.23. The Bertz CT molecular complexity index is 565. The molecule has 0 aromatic heterocycles. The third-order valence-electron chi connectivity index (χ3n) is 5.65. The van der Waals surface area contributed by atoms with Crippen molar-refractivity contribution in [1.82, 2.24) is 9.80 Å². The lowest BCUT2D eigenvalue weighted by Crippen LogP contribution is -2.48. The zero-order valence-electron chi connectivity index (χ0n) is 15.1. The fraction of sp³-hybridized carbons (Fsp3) is 0.650. The fourth-order valence-electron chi connectivity index (χ4n) is 4.25. The van der Waals surface area contributed by atoms with Gasteiger partial charge in [-0.1, -0.05) is 12.1 Å². The maximum Gasteiger partial charge on any atom is 0.219 e. The summed E-state index contributed by atoms with van der Waals surface area (Å²) in [6, 6.07) is 6.53. The van der Waals surface area contributed by atoms with E-state index in [-0.39, 0.29) is 5.91 Å². The maximum absolute atomic E-state index is 11.4. The van der Waals surface area contributed by atoms with Gasteiger partial charge in [-0.05, 0) is 61.8 Å².